The minimum atomic E-state index is -3.62. The topological polar surface area (TPSA) is 79.0 Å². The molecule has 1 unspecified atom stereocenters. The van der Waals surface area contributed by atoms with Crippen molar-refractivity contribution in [2.24, 2.45) is 5.92 Å². The highest BCUT2D eigenvalue weighted by Gasteiger charge is 2.34. The number of amides is 2. The van der Waals surface area contributed by atoms with E-state index in [-0.39, 0.29) is 17.0 Å². The molecule has 1 aliphatic carbocycles. The van der Waals surface area contributed by atoms with Crippen molar-refractivity contribution in [1.82, 2.24) is 9.21 Å². The number of urea groups is 1. The third-order valence-electron chi connectivity index (χ3n) is 5.95. The lowest BCUT2D eigenvalue weighted by Crippen LogP contribution is -2.42. The van der Waals surface area contributed by atoms with Crippen molar-refractivity contribution >= 4 is 21.7 Å². The maximum absolute atomic E-state index is 13.2. The quantitative estimate of drug-likeness (QED) is 0.710. The maximum Gasteiger partial charge on any atom is 0.322 e. The summed E-state index contributed by atoms with van der Waals surface area (Å²) in [6.07, 6.45) is 2.26. The van der Waals surface area contributed by atoms with Crippen LogP contribution in [0.15, 0.2) is 59.5 Å². The van der Waals surface area contributed by atoms with E-state index >= 15 is 0 Å². The molecule has 2 amide bonds. The summed E-state index contributed by atoms with van der Waals surface area (Å²) in [6.45, 7) is 4.05. The lowest BCUT2D eigenvalue weighted by atomic mass is 10.1. The van der Waals surface area contributed by atoms with Gasteiger partial charge in [-0.25, -0.2) is 13.2 Å². The van der Waals surface area contributed by atoms with Crippen LogP contribution in [0.3, 0.4) is 0 Å². The summed E-state index contributed by atoms with van der Waals surface area (Å²) in [7, 11) is -3.62. The normalized spacial score (nSPS) is 18.4. The summed E-state index contributed by atoms with van der Waals surface area (Å²) in [6, 6.07) is 16.3. The van der Waals surface area contributed by atoms with Crippen LogP contribution in [0.5, 0.6) is 0 Å². The molecule has 4 rings (SSSR count). The number of carbonyl (C=O) groups is 1. The van der Waals surface area contributed by atoms with Gasteiger partial charge in [-0.1, -0.05) is 36.4 Å². The fourth-order valence-corrected chi connectivity index (χ4v) is 5.33. The number of morpholine rings is 1. The number of hydrogen-bond acceptors (Lipinski definition) is 4. The molecule has 0 bridgehead atoms. The summed E-state index contributed by atoms with van der Waals surface area (Å²) >= 11 is 0. The smallest absolute Gasteiger partial charge is 0.322 e. The van der Waals surface area contributed by atoms with Gasteiger partial charge < -0.3 is 15.0 Å². The SMILES string of the molecule is CC(C1CC1)N(Cc1ccccc1)C(=O)Nc1cccc(S(=O)(=O)N2CCOCC2)c1. The predicted octanol–water partition coefficient (Wildman–Crippen LogP) is 3.54. The molecule has 2 aromatic rings. The molecular weight excluding hydrogens is 414 g/mol. The van der Waals surface area contributed by atoms with E-state index in [0.717, 1.165) is 18.4 Å². The van der Waals surface area contributed by atoms with Gasteiger partial charge in [-0.3, -0.25) is 0 Å². The maximum atomic E-state index is 13.2. The molecule has 0 spiro atoms. The standard InChI is InChI=1S/C23H29N3O4S/c1-18(20-10-11-20)26(17-19-6-3-2-4-7-19)23(27)24-21-8-5-9-22(16-21)31(28,29)25-12-14-30-15-13-25/h2-9,16,18,20H,10-15,17H2,1H3,(H,24,27). The van der Waals surface area contributed by atoms with Crippen LogP contribution in [0.4, 0.5) is 10.5 Å². The molecule has 0 aromatic heterocycles. The fraction of sp³-hybridized carbons (Fsp3) is 0.435. The van der Waals surface area contributed by atoms with E-state index in [1.165, 1.54) is 10.4 Å². The van der Waals surface area contributed by atoms with Gasteiger partial charge in [-0.15, -0.1) is 0 Å². The lowest BCUT2D eigenvalue weighted by molar-refractivity contribution is 0.0730. The first-order chi connectivity index (χ1) is 14.9. The van der Waals surface area contributed by atoms with Crippen molar-refractivity contribution in [3.63, 3.8) is 0 Å². The van der Waals surface area contributed by atoms with E-state index in [0.29, 0.717) is 44.5 Å². The van der Waals surface area contributed by atoms with E-state index in [1.807, 2.05) is 35.2 Å². The Hall–Kier alpha value is -2.42. The first kappa shape index (κ1) is 21.8. The van der Waals surface area contributed by atoms with Gasteiger partial charge in [0.1, 0.15) is 0 Å². The fourth-order valence-electron chi connectivity index (χ4n) is 3.88. The highest BCUT2D eigenvalue weighted by Crippen LogP contribution is 2.36. The molecule has 7 nitrogen and oxygen atoms in total. The molecule has 2 aliphatic rings. The number of anilines is 1. The van der Waals surface area contributed by atoms with Crippen molar-refractivity contribution in [1.29, 1.82) is 0 Å². The molecule has 8 heteroatoms. The second kappa shape index (κ2) is 9.38. The highest BCUT2D eigenvalue weighted by atomic mass is 32.2. The van der Waals surface area contributed by atoms with Gasteiger partial charge in [0.2, 0.25) is 10.0 Å². The third kappa shape index (κ3) is 5.26. The van der Waals surface area contributed by atoms with Crippen LogP contribution in [0.1, 0.15) is 25.3 Å². The number of sulfonamides is 1. The minimum Gasteiger partial charge on any atom is -0.379 e. The van der Waals surface area contributed by atoms with Crippen LogP contribution in [-0.2, 0) is 21.3 Å². The van der Waals surface area contributed by atoms with Gasteiger partial charge >= 0.3 is 6.03 Å². The van der Waals surface area contributed by atoms with Crippen molar-refractivity contribution in [3.05, 3.63) is 60.2 Å². The Morgan fingerprint density at radius 3 is 2.52 bits per heavy atom. The number of rotatable bonds is 7. The van der Waals surface area contributed by atoms with Crippen LogP contribution in [0, 0.1) is 5.92 Å². The van der Waals surface area contributed by atoms with Gasteiger partial charge in [0, 0.05) is 31.4 Å². The number of carbonyl (C=O) groups excluding carboxylic acids is 1. The molecule has 1 saturated heterocycles. The van der Waals surface area contributed by atoms with E-state index in [1.54, 1.807) is 18.2 Å². The second-order valence-corrected chi connectivity index (χ2v) is 10.1. The molecule has 0 radical (unpaired) electrons. The molecule has 2 fully saturated rings. The Kier molecular flexibility index (Phi) is 6.60. The average Bonchev–Trinajstić information content (AvgIpc) is 3.64. The van der Waals surface area contributed by atoms with E-state index in [4.69, 9.17) is 4.74 Å². The Balaban J connectivity index is 1.51. The Morgan fingerprint density at radius 2 is 1.84 bits per heavy atom. The second-order valence-electron chi connectivity index (χ2n) is 8.17. The summed E-state index contributed by atoms with van der Waals surface area (Å²) in [5.74, 6) is 0.516. The van der Waals surface area contributed by atoms with Crippen LogP contribution < -0.4 is 5.32 Å². The van der Waals surface area contributed by atoms with Crippen LogP contribution in [0.2, 0.25) is 0 Å². The number of nitrogens with zero attached hydrogens (tertiary/aromatic N) is 2. The predicted molar refractivity (Wildman–Crippen MR) is 119 cm³/mol. The van der Waals surface area contributed by atoms with E-state index < -0.39 is 10.0 Å². The zero-order valence-electron chi connectivity index (χ0n) is 17.7. The van der Waals surface area contributed by atoms with Gasteiger partial charge in [0.15, 0.2) is 0 Å². The largest absolute Gasteiger partial charge is 0.379 e. The molecular formula is C23H29N3O4S. The zero-order chi connectivity index (χ0) is 21.8. The minimum absolute atomic E-state index is 0.112. The number of nitrogens with one attached hydrogen (secondary N) is 1. The van der Waals surface area contributed by atoms with Gasteiger partial charge in [0.05, 0.1) is 18.1 Å². The first-order valence-electron chi connectivity index (χ1n) is 10.7. The number of hydrogen-bond donors (Lipinski definition) is 1. The Labute approximate surface area is 184 Å². The highest BCUT2D eigenvalue weighted by molar-refractivity contribution is 7.89. The van der Waals surface area contributed by atoms with Crippen LogP contribution in [-0.4, -0.2) is 56.0 Å². The van der Waals surface area contributed by atoms with Crippen molar-refractivity contribution in [2.75, 3.05) is 31.6 Å². The molecule has 31 heavy (non-hydrogen) atoms. The summed E-state index contributed by atoms with van der Waals surface area (Å²) in [5.41, 5.74) is 1.54. The Morgan fingerprint density at radius 1 is 1.13 bits per heavy atom. The molecule has 1 atom stereocenters. The molecule has 1 aliphatic heterocycles. The van der Waals surface area contributed by atoms with Crippen molar-refractivity contribution in [3.8, 4) is 0 Å². The van der Waals surface area contributed by atoms with Crippen molar-refractivity contribution in [2.45, 2.75) is 37.2 Å². The van der Waals surface area contributed by atoms with Crippen molar-refractivity contribution < 1.29 is 17.9 Å². The molecule has 166 valence electrons. The molecule has 2 aromatic carbocycles. The number of benzene rings is 2. The zero-order valence-corrected chi connectivity index (χ0v) is 18.6. The van der Waals surface area contributed by atoms with E-state index in [9.17, 15) is 13.2 Å². The summed E-state index contributed by atoms with van der Waals surface area (Å²) in [4.78, 5) is 15.2. The lowest BCUT2D eigenvalue weighted by Gasteiger charge is -2.30. The summed E-state index contributed by atoms with van der Waals surface area (Å²) in [5, 5.41) is 2.92. The monoisotopic (exact) mass is 443 g/mol. The van der Waals surface area contributed by atoms with Gasteiger partial charge in [-0.2, -0.15) is 4.31 Å². The molecule has 1 saturated carbocycles. The molecule has 1 N–H and O–H groups in total. The van der Waals surface area contributed by atoms with E-state index in [2.05, 4.69) is 12.2 Å². The average molecular weight is 444 g/mol. The first-order valence-corrected chi connectivity index (χ1v) is 12.2. The van der Waals surface area contributed by atoms with Gasteiger partial charge in [0.25, 0.3) is 0 Å². The van der Waals surface area contributed by atoms with Crippen LogP contribution >= 0.6 is 0 Å². The number of ether oxygens (including phenoxy) is 1. The van der Waals surface area contributed by atoms with Gasteiger partial charge in [-0.05, 0) is 49.4 Å². The van der Waals surface area contributed by atoms with Crippen LogP contribution in [0.25, 0.3) is 0 Å². The Bertz CT molecular complexity index is 1000. The summed E-state index contributed by atoms with van der Waals surface area (Å²) < 4.78 is 32.6. The third-order valence-corrected chi connectivity index (χ3v) is 7.84. The molecule has 1 heterocycles.